The van der Waals surface area contributed by atoms with E-state index < -0.39 is 0 Å². The number of aliphatic hydroxyl groups excluding tert-OH is 1. The van der Waals surface area contributed by atoms with E-state index in [1.165, 1.54) is 7.11 Å². The minimum atomic E-state index is -0.107. The number of halogens is 2. The number of methoxy groups -OCH3 is 1. The summed E-state index contributed by atoms with van der Waals surface area (Å²) in [6.45, 7) is 0.173. The zero-order valence-electron chi connectivity index (χ0n) is 10.8. The lowest BCUT2D eigenvalue weighted by Gasteiger charge is -2.13. The molecule has 0 aliphatic rings. The Balaban J connectivity index is 2.18. The van der Waals surface area contributed by atoms with Gasteiger partial charge in [-0.3, -0.25) is 4.98 Å². The molecule has 2 rings (SSSR count). The Labute approximate surface area is 130 Å². The highest BCUT2D eigenvalue weighted by Crippen LogP contribution is 2.36. The SMILES string of the molecule is COc1cc(CO)cc(Cl)c1OCc1ccc(Br)cn1. The first-order chi connectivity index (χ1) is 9.63. The van der Waals surface area contributed by atoms with Crippen molar-refractivity contribution in [3.8, 4) is 11.5 Å². The zero-order valence-corrected chi connectivity index (χ0v) is 13.1. The molecule has 0 aliphatic heterocycles. The third kappa shape index (κ3) is 3.62. The van der Waals surface area contributed by atoms with Crippen LogP contribution in [0.5, 0.6) is 11.5 Å². The summed E-state index contributed by atoms with van der Waals surface area (Å²) in [6.07, 6.45) is 1.70. The quantitative estimate of drug-likeness (QED) is 0.887. The molecule has 6 heteroatoms. The van der Waals surface area contributed by atoms with Gasteiger partial charge in [-0.05, 0) is 45.8 Å². The van der Waals surface area contributed by atoms with E-state index in [2.05, 4.69) is 20.9 Å². The van der Waals surface area contributed by atoms with Crippen LogP contribution in [-0.2, 0) is 13.2 Å². The Morgan fingerprint density at radius 3 is 2.75 bits per heavy atom. The van der Waals surface area contributed by atoms with Crippen LogP contribution in [0.4, 0.5) is 0 Å². The van der Waals surface area contributed by atoms with Gasteiger partial charge in [0.15, 0.2) is 11.5 Å². The molecular weight excluding hydrogens is 346 g/mol. The monoisotopic (exact) mass is 357 g/mol. The van der Waals surface area contributed by atoms with E-state index in [0.29, 0.717) is 22.1 Å². The Morgan fingerprint density at radius 1 is 1.35 bits per heavy atom. The van der Waals surface area contributed by atoms with Gasteiger partial charge in [-0.15, -0.1) is 0 Å². The van der Waals surface area contributed by atoms with Crippen molar-refractivity contribution in [3.05, 3.63) is 51.2 Å². The number of rotatable bonds is 5. The van der Waals surface area contributed by atoms with Crippen molar-refractivity contribution in [2.24, 2.45) is 0 Å². The van der Waals surface area contributed by atoms with Gasteiger partial charge in [0.2, 0.25) is 0 Å². The predicted octanol–water partition coefficient (Wildman–Crippen LogP) is 3.58. The summed E-state index contributed by atoms with van der Waals surface area (Å²) >= 11 is 9.46. The normalized spacial score (nSPS) is 10.4. The molecule has 106 valence electrons. The summed E-state index contributed by atoms with van der Waals surface area (Å²) < 4.78 is 11.8. The van der Waals surface area contributed by atoms with Gasteiger partial charge in [-0.1, -0.05) is 11.6 Å². The molecule has 0 radical (unpaired) electrons. The smallest absolute Gasteiger partial charge is 0.180 e. The zero-order chi connectivity index (χ0) is 14.5. The van der Waals surface area contributed by atoms with Crippen molar-refractivity contribution in [2.45, 2.75) is 13.2 Å². The third-order valence-corrected chi connectivity index (χ3v) is 3.37. The molecule has 20 heavy (non-hydrogen) atoms. The maximum absolute atomic E-state index is 9.14. The lowest BCUT2D eigenvalue weighted by Crippen LogP contribution is -2.01. The molecule has 0 saturated carbocycles. The molecule has 0 fully saturated rings. The number of hydrogen-bond acceptors (Lipinski definition) is 4. The molecule has 0 bridgehead atoms. The number of pyridine rings is 1. The fraction of sp³-hybridized carbons (Fsp3) is 0.214. The molecule has 0 saturated heterocycles. The van der Waals surface area contributed by atoms with E-state index in [1.54, 1.807) is 18.3 Å². The standard InChI is InChI=1S/C14H13BrClNO3/c1-19-13-5-9(7-18)4-12(16)14(13)20-8-11-3-2-10(15)6-17-11/h2-6,18H,7-8H2,1H3. The van der Waals surface area contributed by atoms with E-state index in [0.717, 1.165) is 10.2 Å². The number of nitrogens with zero attached hydrogens (tertiary/aromatic N) is 1. The van der Waals surface area contributed by atoms with E-state index in [9.17, 15) is 0 Å². The first-order valence-electron chi connectivity index (χ1n) is 5.84. The third-order valence-electron chi connectivity index (χ3n) is 2.62. The van der Waals surface area contributed by atoms with Crippen LogP contribution in [-0.4, -0.2) is 17.2 Å². The molecule has 0 aliphatic carbocycles. The summed E-state index contributed by atoms with van der Waals surface area (Å²) in [4.78, 5) is 4.22. The van der Waals surface area contributed by atoms with Crippen LogP contribution in [0.3, 0.4) is 0 Å². The fourth-order valence-electron chi connectivity index (χ4n) is 1.64. The second kappa shape index (κ2) is 6.92. The molecule has 1 heterocycles. The maximum atomic E-state index is 9.14. The molecule has 4 nitrogen and oxygen atoms in total. The molecule has 1 aromatic carbocycles. The minimum absolute atomic E-state index is 0.107. The van der Waals surface area contributed by atoms with Crippen LogP contribution in [0, 0.1) is 0 Å². The van der Waals surface area contributed by atoms with Crippen molar-refractivity contribution in [3.63, 3.8) is 0 Å². The van der Waals surface area contributed by atoms with Gasteiger partial charge >= 0.3 is 0 Å². The average molecular weight is 359 g/mol. The number of aliphatic hydroxyl groups is 1. The highest BCUT2D eigenvalue weighted by Gasteiger charge is 2.12. The predicted molar refractivity (Wildman–Crippen MR) is 80.2 cm³/mol. The van der Waals surface area contributed by atoms with Gasteiger partial charge in [-0.25, -0.2) is 0 Å². The van der Waals surface area contributed by atoms with Crippen molar-refractivity contribution in [2.75, 3.05) is 7.11 Å². The summed E-state index contributed by atoms with van der Waals surface area (Å²) in [5.41, 5.74) is 1.44. The van der Waals surface area contributed by atoms with Crippen molar-refractivity contribution >= 4 is 27.5 Å². The van der Waals surface area contributed by atoms with E-state index >= 15 is 0 Å². The molecule has 2 aromatic rings. The van der Waals surface area contributed by atoms with Crippen LogP contribution in [0.15, 0.2) is 34.9 Å². The summed E-state index contributed by atoms with van der Waals surface area (Å²) in [5.74, 6) is 0.926. The van der Waals surface area contributed by atoms with Gasteiger partial charge in [0.1, 0.15) is 6.61 Å². The van der Waals surface area contributed by atoms with Crippen LogP contribution in [0.2, 0.25) is 5.02 Å². The molecule has 0 spiro atoms. The van der Waals surface area contributed by atoms with Gasteiger partial charge in [0, 0.05) is 10.7 Å². The number of hydrogen-bond donors (Lipinski definition) is 1. The van der Waals surface area contributed by atoms with Crippen LogP contribution in [0.25, 0.3) is 0 Å². The summed E-state index contributed by atoms with van der Waals surface area (Å²) in [5, 5.41) is 9.53. The topological polar surface area (TPSA) is 51.6 Å². The number of benzene rings is 1. The largest absolute Gasteiger partial charge is 0.493 e. The summed E-state index contributed by atoms with van der Waals surface area (Å²) in [6, 6.07) is 7.08. The molecule has 0 unspecified atom stereocenters. The number of aromatic nitrogens is 1. The Kier molecular flexibility index (Phi) is 5.23. The van der Waals surface area contributed by atoms with Gasteiger partial charge < -0.3 is 14.6 Å². The first kappa shape index (κ1) is 15.1. The Hall–Kier alpha value is -1.30. The Morgan fingerprint density at radius 2 is 2.15 bits per heavy atom. The van der Waals surface area contributed by atoms with E-state index in [4.69, 9.17) is 26.2 Å². The van der Waals surface area contributed by atoms with Crippen LogP contribution >= 0.6 is 27.5 Å². The van der Waals surface area contributed by atoms with Crippen molar-refractivity contribution < 1.29 is 14.6 Å². The fourth-order valence-corrected chi connectivity index (χ4v) is 2.16. The molecule has 1 aromatic heterocycles. The number of ether oxygens (including phenoxy) is 2. The average Bonchev–Trinajstić information content (AvgIpc) is 2.47. The highest BCUT2D eigenvalue weighted by atomic mass is 79.9. The summed E-state index contributed by atoms with van der Waals surface area (Å²) in [7, 11) is 1.53. The van der Waals surface area contributed by atoms with Gasteiger partial charge in [-0.2, -0.15) is 0 Å². The lowest BCUT2D eigenvalue weighted by atomic mass is 10.2. The molecule has 0 atom stereocenters. The van der Waals surface area contributed by atoms with Crippen LogP contribution in [0.1, 0.15) is 11.3 Å². The molecular formula is C14H13BrClNO3. The van der Waals surface area contributed by atoms with E-state index in [-0.39, 0.29) is 13.2 Å². The lowest BCUT2D eigenvalue weighted by molar-refractivity contribution is 0.272. The maximum Gasteiger partial charge on any atom is 0.180 e. The minimum Gasteiger partial charge on any atom is -0.493 e. The Bertz CT molecular complexity index is 590. The van der Waals surface area contributed by atoms with Crippen molar-refractivity contribution in [1.82, 2.24) is 4.98 Å². The molecule has 0 amide bonds. The van der Waals surface area contributed by atoms with Gasteiger partial charge in [0.05, 0.1) is 24.4 Å². The van der Waals surface area contributed by atoms with Gasteiger partial charge in [0.25, 0.3) is 0 Å². The van der Waals surface area contributed by atoms with Crippen LogP contribution < -0.4 is 9.47 Å². The van der Waals surface area contributed by atoms with Crippen molar-refractivity contribution in [1.29, 1.82) is 0 Å². The highest BCUT2D eigenvalue weighted by molar-refractivity contribution is 9.10. The molecule has 1 N–H and O–H groups in total. The second-order valence-corrected chi connectivity index (χ2v) is 5.35. The van der Waals surface area contributed by atoms with E-state index in [1.807, 2.05) is 12.1 Å². The first-order valence-corrected chi connectivity index (χ1v) is 7.01. The second-order valence-electron chi connectivity index (χ2n) is 4.02.